The van der Waals surface area contributed by atoms with E-state index >= 15 is 0 Å². The van der Waals surface area contributed by atoms with Crippen LogP contribution in [0.15, 0.2) is 48.5 Å². The second-order valence-electron chi connectivity index (χ2n) is 4.76. The van der Waals surface area contributed by atoms with Crippen molar-refractivity contribution in [3.05, 3.63) is 54.1 Å². The van der Waals surface area contributed by atoms with Crippen molar-refractivity contribution in [1.82, 2.24) is 4.98 Å². The van der Waals surface area contributed by atoms with E-state index in [1.54, 1.807) is 18.0 Å². The lowest BCUT2D eigenvalue weighted by molar-refractivity contribution is 0.0989. The smallest absolute Gasteiger partial charge is 0.263 e. The second-order valence-corrected chi connectivity index (χ2v) is 5.77. The summed E-state index contributed by atoms with van der Waals surface area (Å²) in [5, 5.41) is 0.678. The van der Waals surface area contributed by atoms with Gasteiger partial charge in [-0.15, -0.1) is 0 Å². The van der Waals surface area contributed by atoms with Crippen molar-refractivity contribution in [2.75, 3.05) is 18.6 Å². The summed E-state index contributed by atoms with van der Waals surface area (Å²) in [6.07, 6.45) is 0. The van der Waals surface area contributed by atoms with Crippen LogP contribution in [0, 0.1) is 0 Å². The normalized spacial score (nSPS) is 10.6. The van der Waals surface area contributed by atoms with Gasteiger partial charge in [0.25, 0.3) is 5.91 Å². The van der Waals surface area contributed by atoms with Gasteiger partial charge in [-0.05, 0) is 31.2 Å². The highest BCUT2D eigenvalue weighted by molar-refractivity contribution is 7.22. The average molecular weight is 312 g/mol. The zero-order valence-corrected chi connectivity index (χ0v) is 13.3. The van der Waals surface area contributed by atoms with Crippen LogP contribution in [-0.2, 0) is 0 Å². The fourth-order valence-electron chi connectivity index (χ4n) is 2.20. The maximum atomic E-state index is 12.7. The molecule has 22 heavy (non-hydrogen) atoms. The SMILES string of the molecule is CCOc1ccccc1C(=O)N(C)c1nc2ccccc2s1. The molecule has 3 aromatic rings. The Bertz CT molecular complexity index is 780. The van der Waals surface area contributed by atoms with Crippen LogP contribution >= 0.6 is 11.3 Å². The van der Waals surface area contributed by atoms with Gasteiger partial charge in [0.2, 0.25) is 0 Å². The molecule has 0 fully saturated rings. The van der Waals surface area contributed by atoms with Gasteiger partial charge in [-0.2, -0.15) is 0 Å². The Morgan fingerprint density at radius 1 is 1.18 bits per heavy atom. The van der Waals surface area contributed by atoms with Crippen molar-refractivity contribution in [3.63, 3.8) is 0 Å². The quantitative estimate of drug-likeness (QED) is 0.732. The molecule has 112 valence electrons. The van der Waals surface area contributed by atoms with Crippen LogP contribution < -0.4 is 9.64 Å². The first-order chi connectivity index (χ1) is 10.7. The van der Waals surface area contributed by atoms with Crippen molar-refractivity contribution >= 4 is 32.6 Å². The van der Waals surface area contributed by atoms with Crippen molar-refractivity contribution in [2.45, 2.75) is 6.92 Å². The lowest BCUT2D eigenvalue weighted by Gasteiger charge is -2.16. The van der Waals surface area contributed by atoms with Gasteiger partial charge in [0, 0.05) is 7.05 Å². The van der Waals surface area contributed by atoms with Gasteiger partial charge in [0.05, 0.1) is 22.4 Å². The molecule has 1 amide bonds. The standard InChI is InChI=1S/C17H16N2O2S/c1-3-21-14-10-6-4-8-12(14)16(20)19(2)17-18-13-9-5-7-11-15(13)22-17/h4-11H,3H2,1-2H3. The summed E-state index contributed by atoms with van der Waals surface area (Å²) in [5.74, 6) is 0.478. The molecule has 0 atom stereocenters. The number of thiazole rings is 1. The maximum absolute atomic E-state index is 12.7. The Labute approximate surface area is 133 Å². The molecule has 0 saturated heterocycles. The largest absolute Gasteiger partial charge is 0.493 e. The van der Waals surface area contributed by atoms with Crippen LogP contribution in [-0.4, -0.2) is 24.5 Å². The minimum atomic E-state index is -0.122. The number of hydrogen-bond acceptors (Lipinski definition) is 4. The summed E-state index contributed by atoms with van der Waals surface area (Å²) < 4.78 is 6.60. The van der Waals surface area contributed by atoms with Crippen LogP contribution in [0.5, 0.6) is 5.75 Å². The van der Waals surface area contributed by atoms with Gasteiger partial charge in [-0.1, -0.05) is 35.6 Å². The second kappa shape index (κ2) is 6.15. The predicted molar refractivity (Wildman–Crippen MR) is 90.0 cm³/mol. The van der Waals surface area contributed by atoms with Crippen molar-refractivity contribution in [3.8, 4) is 5.75 Å². The number of para-hydroxylation sites is 2. The summed E-state index contributed by atoms with van der Waals surface area (Å²) in [5.41, 5.74) is 1.45. The molecule has 0 bridgehead atoms. The van der Waals surface area contributed by atoms with E-state index < -0.39 is 0 Å². The highest BCUT2D eigenvalue weighted by Gasteiger charge is 2.20. The van der Waals surface area contributed by atoms with Crippen LogP contribution in [0.25, 0.3) is 10.2 Å². The van der Waals surface area contributed by atoms with Crippen LogP contribution in [0.2, 0.25) is 0 Å². The van der Waals surface area contributed by atoms with Crippen molar-refractivity contribution in [2.24, 2.45) is 0 Å². The van der Waals surface area contributed by atoms with E-state index in [1.165, 1.54) is 11.3 Å². The van der Waals surface area contributed by atoms with E-state index in [4.69, 9.17) is 4.74 Å². The first-order valence-corrected chi connectivity index (χ1v) is 7.88. The van der Waals surface area contributed by atoms with Gasteiger partial charge in [-0.3, -0.25) is 9.69 Å². The lowest BCUT2D eigenvalue weighted by atomic mass is 10.2. The van der Waals surface area contributed by atoms with E-state index in [-0.39, 0.29) is 5.91 Å². The van der Waals surface area contributed by atoms with E-state index in [2.05, 4.69) is 4.98 Å². The van der Waals surface area contributed by atoms with Crippen LogP contribution in [0.1, 0.15) is 17.3 Å². The summed E-state index contributed by atoms with van der Waals surface area (Å²) in [6.45, 7) is 2.42. The Morgan fingerprint density at radius 2 is 1.91 bits per heavy atom. The molecular weight excluding hydrogens is 296 g/mol. The molecule has 0 aliphatic carbocycles. The summed E-state index contributed by atoms with van der Waals surface area (Å²) in [6, 6.07) is 15.1. The minimum absolute atomic E-state index is 0.122. The molecule has 3 rings (SSSR count). The first-order valence-electron chi connectivity index (χ1n) is 7.06. The van der Waals surface area contributed by atoms with Crippen molar-refractivity contribution in [1.29, 1.82) is 0 Å². The summed E-state index contributed by atoms with van der Waals surface area (Å²) >= 11 is 1.50. The fourth-order valence-corrected chi connectivity index (χ4v) is 3.12. The molecule has 0 spiro atoms. The summed E-state index contributed by atoms with van der Waals surface area (Å²) in [7, 11) is 1.74. The Morgan fingerprint density at radius 3 is 2.68 bits per heavy atom. The third kappa shape index (κ3) is 2.67. The number of carbonyl (C=O) groups is 1. The van der Waals surface area contributed by atoms with Crippen LogP contribution in [0.4, 0.5) is 5.13 Å². The molecule has 0 unspecified atom stereocenters. The number of carbonyl (C=O) groups excluding carboxylic acids is 1. The van der Waals surface area contributed by atoms with Gasteiger partial charge >= 0.3 is 0 Å². The van der Waals surface area contributed by atoms with Gasteiger partial charge in [0.15, 0.2) is 5.13 Å². The molecule has 1 aromatic heterocycles. The number of anilines is 1. The molecule has 1 heterocycles. The number of rotatable bonds is 4. The number of ether oxygens (including phenoxy) is 1. The minimum Gasteiger partial charge on any atom is -0.493 e. The molecule has 0 aliphatic rings. The number of benzene rings is 2. The average Bonchev–Trinajstić information content (AvgIpc) is 2.98. The van der Waals surface area contributed by atoms with Gasteiger partial charge in [0.1, 0.15) is 5.75 Å². The van der Waals surface area contributed by atoms with E-state index in [1.807, 2.05) is 49.4 Å². The van der Waals surface area contributed by atoms with Gasteiger partial charge < -0.3 is 4.74 Å². The molecule has 2 aromatic carbocycles. The molecule has 0 N–H and O–H groups in total. The van der Waals surface area contributed by atoms with E-state index in [0.29, 0.717) is 23.1 Å². The van der Waals surface area contributed by atoms with Gasteiger partial charge in [-0.25, -0.2) is 4.98 Å². The molecular formula is C17H16N2O2S. The molecule has 0 radical (unpaired) electrons. The third-order valence-electron chi connectivity index (χ3n) is 3.29. The predicted octanol–water partition coefficient (Wildman–Crippen LogP) is 3.97. The maximum Gasteiger partial charge on any atom is 0.263 e. The fraction of sp³-hybridized carbons (Fsp3) is 0.176. The molecule has 5 heteroatoms. The third-order valence-corrected chi connectivity index (χ3v) is 4.40. The zero-order valence-electron chi connectivity index (χ0n) is 12.4. The number of hydrogen-bond donors (Lipinski definition) is 0. The molecule has 0 saturated carbocycles. The van der Waals surface area contributed by atoms with E-state index in [0.717, 1.165) is 10.2 Å². The number of aromatic nitrogens is 1. The molecule has 4 nitrogen and oxygen atoms in total. The Hall–Kier alpha value is -2.40. The van der Waals surface area contributed by atoms with Crippen LogP contribution in [0.3, 0.4) is 0 Å². The highest BCUT2D eigenvalue weighted by Crippen LogP contribution is 2.29. The topological polar surface area (TPSA) is 42.4 Å². The Balaban J connectivity index is 1.94. The zero-order chi connectivity index (χ0) is 15.5. The Kier molecular flexibility index (Phi) is 4.06. The summed E-state index contributed by atoms with van der Waals surface area (Å²) in [4.78, 5) is 18.8. The number of nitrogens with zero attached hydrogens (tertiary/aromatic N) is 2. The number of fused-ring (bicyclic) bond motifs is 1. The number of amides is 1. The highest BCUT2D eigenvalue weighted by atomic mass is 32.1. The monoisotopic (exact) mass is 312 g/mol. The lowest BCUT2D eigenvalue weighted by Crippen LogP contribution is -2.26. The first kappa shape index (κ1) is 14.5. The molecule has 0 aliphatic heterocycles. The van der Waals surface area contributed by atoms with Crippen molar-refractivity contribution < 1.29 is 9.53 Å². The van der Waals surface area contributed by atoms with E-state index in [9.17, 15) is 4.79 Å².